The fraction of sp³-hybridized carbons (Fsp3) is 0.222. The van der Waals surface area contributed by atoms with Crippen molar-refractivity contribution in [2.45, 2.75) is 25.6 Å². The summed E-state index contributed by atoms with van der Waals surface area (Å²) in [6.45, 7) is 1.86. The van der Waals surface area contributed by atoms with Crippen molar-refractivity contribution in [3.8, 4) is 11.3 Å². The first-order chi connectivity index (χ1) is 16.6. The van der Waals surface area contributed by atoms with Gasteiger partial charge in [0.25, 0.3) is 5.56 Å². The molecule has 2 aromatic carbocycles. The van der Waals surface area contributed by atoms with Crippen LogP contribution >= 0.6 is 0 Å². The molecule has 34 heavy (non-hydrogen) atoms. The molecular weight excluding hydrogens is 424 g/mol. The van der Waals surface area contributed by atoms with E-state index in [4.69, 9.17) is 10.7 Å². The summed E-state index contributed by atoms with van der Waals surface area (Å²) in [6, 6.07) is 22.1. The first-order valence-electron chi connectivity index (χ1n) is 11.5. The monoisotopic (exact) mass is 452 g/mol. The van der Waals surface area contributed by atoms with Crippen molar-refractivity contribution in [3.05, 3.63) is 106 Å². The summed E-state index contributed by atoms with van der Waals surface area (Å²) < 4.78 is 1.58. The minimum atomic E-state index is -0.114. The largest absolute Gasteiger partial charge is 0.357 e. The Labute approximate surface area is 198 Å². The molecule has 0 saturated carbocycles. The van der Waals surface area contributed by atoms with E-state index in [2.05, 4.69) is 39.5 Å². The lowest BCUT2D eigenvalue weighted by atomic mass is 10.1. The van der Waals surface area contributed by atoms with Crippen molar-refractivity contribution in [1.29, 1.82) is 0 Å². The Bertz CT molecular complexity index is 1310. The van der Waals surface area contributed by atoms with Gasteiger partial charge in [-0.25, -0.2) is 4.98 Å². The Hall–Kier alpha value is -3.97. The average Bonchev–Trinajstić information content (AvgIpc) is 3.29. The van der Waals surface area contributed by atoms with Gasteiger partial charge in [-0.2, -0.15) is 0 Å². The first-order valence-corrected chi connectivity index (χ1v) is 11.5. The lowest BCUT2D eigenvalue weighted by Gasteiger charge is -2.23. The van der Waals surface area contributed by atoms with Gasteiger partial charge in [0.1, 0.15) is 11.4 Å². The Balaban J connectivity index is 1.46. The standard InChI is InChI=1S/C27H28N6O/c1-32-26(34)25(33-17-21-9-5-6-10-22(21)18-33)24(20-11-13-29-14-12-20)31-27(32)30-16-23(28)15-19-7-3-2-4-8-19/h2-14,23H,15-18,28H2,1H3,(H,30,31). The van der Waals surface area contributed by atoms with E-state index >= 15 is 0 Å². The summed E-state index contributed by atoms with van der Waals surface area (Å²) in [7, 11) is 1.75. The maximum atomic E-state index is 13.7. The molecular formula is C27H28N6O. The lowest BCUT2D eigenvalue weighted by molar-refractivity contribution is 0.686. The molecule has 0 spiro atoms. The van der Waals surface area contributed by atoms with Gasteiger partial charge in [-0.15, -0.1) is 0 Å². The van der Waals surface area contributed by atoms with Crippen LogP contribution in [-0.2, 0) is 26.6 Å². The minimum Gasteiger partial charge on any atom is -0.357 e. The highest BCUT2D eigenvalue weighted by molar-refractivity contribution is 5.76. The van der Waals surface area contributed by atoms with E-state index in [0.717, 1.165) is 12.0 Å². The van der Waals surface area contributed by atoms with Crippen molar-refractivity contribution in [1.82, 2.24) is 14.5 Å². The quantitative estimate of drug-likeness (QED) is 0.447. The number of anilines is 2. The van der Waals surface area contributed by atoms with Gasteiger partial charge in [0.2, 0.25) is 5.95 Å². The fourth-order valence-corrected chi connectivity index (χ4v) is 4.45. The molecule has 5 rings (SSSR count). The van der Waals surface area contributed by atoms with E-state index in [0.29, 0.717) is 37.0 Å². The first kappa shape index (κ1) is 21.9. The predicted octanol–water partition coefficient (Wildman–Crippen LogP) is 3.34. The van der Waals surface area contributed by atoms with Crippen LogP contribution in [-0.4, -0.2) is 27.1 Å². The zero-order valence-electron chi connectivity index (χ0n) is 19.2. The number of fused-ring (bicyclic) bond motifs is 1. The number of pyridine rings is 1. The highest BCUT2D eigenvalue weighted by Crippen LogP contribution is 2.33. The summed E-state index contributed by atoms with van der Waals surface area (Å²) >= 11 is 0. The van der Waals surface area contributed by atoms with Crippen LogP contribution in [0.15, 0.2) is 83.9 Å². The number of hydrogen-bond donors (Lipinski definition) is 2. The number of nitrogens with zero attached hydrogens (tertiary/aromatic N) is 4. The lowest BCUT2D eigenvalue weighted by Crippen LogP contribution is -2.35. The third-order valence-corrected chi connectivity index (χ3v) is 6.24. The van der Waals surface area contributed by atoms with Crippen LogP contribution in [0.25, 0.3) is 11.3 Å². The second kappa shape index (κ2) is 9.49. The molecule has 7 nitrogen and oxygen atoms in total. The Kier molecular flexibility index (Phi) is 6.10. The summed E-state index contributed by atoms with van der Waals surface area (Å²) in [5, 5.41) is 3.31. The molecule has 0 aliphatic carbocycles. The van der Waals surface area contributed by atoms with Crippen molar-refractivity contribution < 1.29 is 0 Å². The second-order valence-corrected chi connectivity index (χ2v) is 8.69. The topological polar surface area (TPSA) is 89.1 Å². The summed E-state index contributed by atoms with van der Waals surface area (Å²) in [6.07, 6.45) is 4.18. The van der Waals surface area contributed by atoms with Crippen LogP contribution in [0.2, 0.25) is 0 Å². The van der Waals surface area contributed by atoms with Crippen molar-refractivity contribution >= 4 is 11.6 Å². The van der Waals surface area contributed by atoms with Gasteiger partial charge in [0.15, 0.2) is 0 Å². The highest BCUT2D eigenvalue weighted by atomic mass is 16.1. The molecule has 0 bridgehead atoms. The van der Waals surface area contributed by atoms with Gasteiger partial charge in [-0.1, -0.05) is 54.6 Å². The van der Waals surface area contributed by atoms with Crippen molar-refractivity contribution in [3.63, 3.8) is 0 Å². The summed E-state index contributed by atoms with van der Waals surface area (Å²) in [5.41, 5.74) is 12.0. The third kappa shape index (κ3) is 4.43. The molecule has 0 amide bonds. The number of nitrogens with one attached hydrogen (secondary N) is 1. The predicted molar refractivity (Wildman–Crippen MR) is 136 cm³/mol. The van der Waals surface area contributed by atoms with Gasteiger partial charge in [0.05, 0.1) is 0 Å². The van der Waals surface area contributed by atoms with Crippen LogP contribution in [0.3, 0.4) is 0 Å². The van der Waals surface area contributed by atoms with Crippen LogP contribution < -0.4 is 21.5 Å². The molecule has 0 saturated heterocycles. The molecule has 3 N–H and O–H groups in total. The average molecular weight is 453 g/mol. The van der Waals surface area contributed by atoms with Crippen LogP contribution in [0.1, 0.15) is 16.7 Å². The SMILES string of the molecule is Cn1c(NCC(N)Cc2ccccc2)nc(-c2ccncc2)c(N2Cc3ccccc3C2)c1=O. The van der Waals surface area contributed by atoms with E-state index in [1.807, 2.05) is 42.5 Å². The molecule has 1 aliphatic heterocycles. The Morgan fingerprint density at radius 1 is 0.971 bits per heavy atom. The number of rotatable bonds is 7. The van der Waals surface area contributed by atoms with E-state index in [9.17, 15) is 4.79 Å². The molecule has 2 aromatic heterocycles. The zero-order valence-corrected chi connectivity index (χ0v) is 19.2. The smallest absolute Gasteiger partial charge is 0.278 e. The second-order valence-electron chi connectivity index (χ2n) is 8.69. The van der Waals surface area contributed by atoms with Crippen LogP contribution in [0.5, 0.6) is 0 Å². The molecule has 0 radical (unpaired) electrons. The van der Waals surface area contributed by atoms with Gasteiger partial charge in [-0.05, 0) is 35.2 Å². The highest BCUT2D eigenvalue weighted by Gasteiger charge is 2.26. The van der Waals surface area contributed by atoms with E-state index in [-0.39, 0.29) is 11.6 Å². The molecule has 172 valence electrons. The van der Waals surface area contributed by atoms with Crippen molar-refractivity contribution in [2.75, 3.05) is 16.8 Å². The number of benzene rings is 2. The van der Waals surface area contributed by atoms with Gasteiger partial charge >= 0.3 is 0 Å². The molecule has 4 aromatic rings. The summed E-state index contributed by atoms with van der Waals surface area (Å²) in [4.78, 5) is 24.8. The fourth-order valence-electron chi connectivity index (χ4n) is 4.45. The van der Waals surface area contributed by atoms with Crippen LogP contribution in [0.4, 0.5) is 11.6 Å². The zero-order chi connectivity index (χ0) is 23.5. The maximum absolute atomic E-state index is 13.7. The number of hydrogen-bond acceptors (Lipinski definition) is 6. The Morgan fingerprint density at radius 2 is 1.62 bits per heavy atom. The van der Waals surface area contributed by atoms with E-state index in [1.165, 1.54) is 16.7 Å². The van der Waals surface area contributed by atoms with E-state index in [1.54, 1.807) is 24.0 Å². The molecule has 1 unspecified atom stereocenters. The van der Waals surface area contributed by atoms with Gasteiger partial charge < -0.3 is 16.0 Å². The molecule has 7 heteroatoms. The maximum Gasteiger partial charge on any atom is 0.278 e. The molecule has 3 heterocycles. The number of nitrogens with two attached hydrogens (primary N) is 1. The normalized spacial score (nSPS) is 13.5. The molecule has 1 aliphatic rings. The third-order valence-electron chi connectivity index (χ3n) is 6.24. The van der Waals surface area contributed by atoms with Crippen molar-refractivity contribution in [2.24, 2.45) is 12.8 Å². The summed E-state index contributed by atoms with van der Waals surface area (Å²) in [5.74, 6) is 0.501. The minimum absolute atomic E-state index is 0.0891. The van der Waals surface area contributed by atoms with Gasteiger partial charge in [-0.3, -0.25) is 14.3 Å². The number of aromatic nitrogens is 3. The molecule has 0 fully saturated rings. The molecule has 1 atom stereocenters. The van der Waals surface area contributed by atoms with E-state index < -0.39 is 0 Å². The van der Waals surface area contributed by atoms with Gasteiger partial charge in [0, 0.05) is 50.7 Å². The van der Waals surface area contributed by atoms with Crippen LogP contribution in [0, 0.1) is 0 Å². The Morgan fingerprint density at radius 3 is 2.29 bits per heavy atom.